The topological polar surface area (TPSA) is 126 Å². The number of rotatable bonds is 7. The zero-order chi connectivity index (χ0) is 37.7. The van der Waals surface area contributed by atoms with E-state index < -0.39 is 18.0 Å². The van der Waals surface area contributed by atoms with Crippen molar-refractivity contribution in [1.29, 1.82) is 0 Å². The molecule has 0 aromatic heterocycles. The zero-order valence-electron chi connectivity index (χ0n) is 30.5. The number of quaternary nitrogens is 2. The summed E-state index contributed by atoms with van der Waals surface area (Å²) in [4.78, 5) is 24.5. The average molecular weight is 743 g/mol. The minimum atomic E-state index is -1.17. The van der Waals surface area contributed by atoms with Gasteiger partial charge in [-0.1, -0.05) is 29.8 Å². The summed E-state index contributed by atoms with van der Waals surface area (Å²) in [7, 11) is 8.57. The number of aliphatic carboxylic acids is 2. The van der Waals surface area contributed by atoms with Crippen molar-refractivity contribution in [3.8, 4) is 40.2 Å². The fourth-order valence-corrected chi connectivity index (χ4v) is 8.79. The van der Waals surface area contributed by atoms with Gasteiger partial charge in [0.05, 0.1) is 66.0 Å². The van der Waals surface area contributed by atoms with Crippen LogP contribution in [0.3, 0.4) is 0 Å². The molecule has 8 rings (SSSR count). The predicted octanol–water partition coefficient (Wildman–Crippen LogP) is 4.34. The molecule has 4 heterocycles. The number of likely N-dealkylation sites (N-methyl/N-ethyl adjacent to an activating group) is 2. The monoisotopic (exact) mass is 742 g/mol. The van der Waals surface area contributed by atoms with Crippen molar-refractivity contribution >= 4 is 23.5 Å². The summed E-state index contributed by atoms with van der Waals surface area (Å²) in [6.07, 6.45) is 2.08. The number of methoxy groups -OCH3 is 3. The van der Waals surface area contributed by atoms with E-state index in [2.05, 4.69) is 0 Å². The highest BCUT2D eigenvalue weighted by Gasteiger charge is 2.44. The van der Waals surface area contributed by atoms with Gasteiger partial charge in [-0.25, -0.2) is 0 Å². The lowest BCUT2D eigenvalue weighted by Gasteiger charge is -2.47. The fraction of sp³-hybridized carbons (Fsp3) is 0.366. The van der Waals surface area contributed by atoms with Gasteiger partial charge < -0.3 is 52.5 Å². The SMILES string of the molecule is COc1ccc2cc1Oc1ccc(cc1)CC1c3cc(c(OC)cc3CC[N+]1(C)CC(=O)[O-])Oc1c(Cl)c(OC)cc3c1C(C2)[N+](C)(CC(=O)[O-])CC3. The van der Waals surface area contributed by atoms with Crippen LogP contribution in [0, 0.1) is 0 Å². The number of hydrogen-bond acceptors (Lipinski definition) is 9. The lowest BCUT2D eigenvalue weighted by Crippen LogP contribution is -2.56. The van der Waals surface area contributed by atoms with Gasteiger partial charge in [0.15, 0.2) is 28.7 Å². The van der Waals surface area contributed by atoms with Crippen LogP contribution in [-0.4, -0.2) is 82.5 Å². The Hall–Kier alpha value is -4.97. The summed E-state index contributed by atoms with van der Waals surface area (Å²) in [6.45, 7) is 0.687. The third-order valence-electron chi connectivity index (χ3n) is 11.4. The van der Waals surface area contributed by atoms with Crippen LogP contribution in [-0.2, 0) is 35.3 Å². The number of carbonyl (C=O) groups is 2. The lowest BCUT2D eigenvalue weighted by molar-refractivity contribution is -0.936. The summed E-state index contributed by atoms with van der Waals surface area (Å²) in [5.74, 6) is 0.994. The predicted molar refractivity (Wildman–Crippen MR) is 193 cm³/mol. The Morgan fingerprint density at radius 1 is 0.717 bits per heavy atom. The van der Waals surface area contributed by atoms with Gasteiger partial charge in [0.25, 0.3) is 0 Å². The van der Waals surface area contributed by atoms with Crippen LogP contribution in [0.15, 0.2) is 60.7 Å². The first-order valence-electron chi connectivity index (χ1n) is 17.6. The summed E-state index contributed by atoms with van der Waals surface area (Å²) >= 11 is 7.18. The molecule has 4 aromatic carbocycles. The molecule has 6 bridgehead atoms. The van der Waals surface area contributed by atoms with Crippen LogP contribution >= 0.6 is 11.6 Å². The van der Waals surface area contributed by atoms with E-state index in [0.29, 0.717) is 79.0 Å². The van der Waals surface area contributed by atoms with Crippen LogP contribution in [0.2, 0.25) is 5.02 Å². The van der Waals surface area contributed by atoms with Gasteiger partial charge in [0.1, 0.15) is 41.7 Å². The molecule has 4 aliphatic heterocycles. The fourth-order valence-electron chi connectivity index (χ4n) is 8.52. The molecule has 0 N–H and O–H groups in total. The Labute approximate surface area is 314 Å². The molecule has 0 aliphatic carbocycles. The van der Waals surface area contributed by atoms with Crippen LogP contribution < -0.4 is 33.9 Å². The molecular weight excluding hydrogens is 700 g/mol. The maximum absolute atomic E-state index is 12.3. The molecule has 53 heavy (non-hydrogen) atoms. The minimum absolute atomic E-state index is 0.125. The van der Waals surface area contributed by atoms with Gasteiger partial charge in [0, 0.05) is 31.2 Å². The number of fused-ring (bicyclic) bond motifs is 2. The Balaban J connectivity index is 1.50. The van der Waals surface area contributed by atoms with E-state index in [9.17, 15) is 19.8 Å². The van der Waals surface area contributed by atoms with Crippen molar-refractivity contribution in [3.05, 3.63) is 99.1 Å². The second-order valence-electron chi connectivity index (χ2n) is 14.7. The van der Waals surface area contributed by atoms with Gasteiger partial charge in [-0.15, -0.1) is 0 Å². The Bertz CT molecular complexity index is 2090. The van der Waals surface area contributed by atoms with Crippen molar-refractivity contribution in [2.75, 3.05) is 61.6 Å². The normalized spacial score (nSPS) is 23.0. The van der Waals surface area contributed by atoms with Gasteiger partial charge in [-0.05, 0) is 64.7 Å². The van der Waals surface area contributed by atoms with Crippen molar-refractivity contribution < 1.29 is 52.5 Å². The summed E-state index contributed by atoms with van der Waals surface area (Å²) in [6, 6.07) is 18.5. The summed E-state index contributed by atoms with van der Waals surface area (Å²) in [5, 5.41) is 24.8. The van der Waals surface area contributed by atoms with Crippen molar-refractivity contribution in [1.82, 2.24) is 0 Å². The van der Waals surface area contributed by atoms with Crippen molar-refractivity contribution in [2.45, 2.75) is 37.8 Å². The number of carboxylic acid groups (broad SMARTS) is 2. The Kier molecular flexibility index (Phi) is 9.69. The van der Waals surface area contributed by atoms with E-state index >= 15 is 0 Å². The summed E-state index contributed by atoms with van der Waals surface area (Å²) < 4.78 is 31.1. The second kappa shape index (κ2) is 14.1. The van der Waals surface area contributed by atoms with Crippen LogP contribution in [0.1, 0.15) is 45.5 Å². The summed E-state index contributed by atoms with van der Waals surface area (Å²) in [5.41, 5.74) is 5.52. The van der Waals surface area contributed by atoms with E-state index in [1.54, 1.807) is 21.3 Å². The molecule has 0 saturated heterocycles. The molecule has 12 heteroatoms. The van der Waals surface area contributed by atoms with Crippen molar-refractivity contribution in [2.24, 2.45) is 0 Å². The van der Waals surface area contributed by atoms with Crippen LogP contribution in [0.25, 0.3) is 0 Å². The molecular formula is C41H43ClN2O9. The number of ether oxygens (including phenoxy) is 5. The number of halogens is 1. The highest BCUT2D eigenvalue weighted by atomic mass is 35.5. The first kappa shape index (κ1) is 36.4. The Morgan fingerprint density at radius 3 is 1.92 bits per heavy atom. The number of nitrogens with zero attached hydrogens (tertiary/aromatic N) is 2. The largest absolute Gasteiger partial charge is 0.544 e. The Morgan fingerprint density at radius 2 is 1.28 bits per heavy atom. The first-order chi connectivity index (χ1) is 25.3. The molecule has 0 spiro atoms. The molecule has 278 valence electrons. The molecule has 11 nitrogen and oxygen atoms in total. The number of hydrogen-bond donors (Lipinski definition) is 0. The van der Waals surface area contributed by atoms with Crippen LogP contribution in [0.4, 0.5) is 0 Å². The number of carboxylic acids is 2. The average Bonchev–Trinajstić information content (AvgIpc) is 3.11. The third kappa shape index (κ3) is 6.85. The molecule has 0 amide bonds. The van der Waals surface area contributed by atoms with E-state index in [1.165, 1.54) is 0 Å². The third-order valence-corrected chi connectivity index (χ3v) is 11.7. The van der Waals surface area contributed by atoms with E-state index in [1.807, 2.05) is 74.8 Å². The van der Waals surface area contributed by atoms with Gasteiger partial charge in [-0.3, -0.25) is 0 Å². The van der Waals surface area contributed by atoms with E-state index in [-0.39, 0.29) is 33.1 Å². The smallest absolute Gasteiger partial charge is 0.169 e. The highest BCUT2D eigenvalue weighted by Crippen LogP contribution is 2.52. The first-order valence-corrected chi connectivity index (χ1v) is 18.0. The second-order valence-corrected chi connectivity index (χ2v) is 15.1. The zero-order valence-corrected chi connectivity index (χ0v) is 31.3. The highest BCUT2D eigenvalue weighted by molar-refractivity contribution is 6.33. The quantitative estimate of drug-likeness (QED) is 0.255. The van der Waals surface area contributed by atoms with E-state index in [4.69, 9.17) is 35.3 Å². The number of carbonyl (C=O) groups excluding carboxylic acids is 2. The molecule has 0 saturated carbocycles. The van der Waals surface area contributed by atoms with Crippen LogP contribution in [0.5, 0.6) is 40.2 Å². The molecule has 0 fully saturated rings. The van der Waals surface area contributed by atoms with Gasteiger partial charge in [-0.2, -0.15) is 0 Å². The van der Waals surface area contributed by atoms with Gasteiger partial charge >= 0.3 is 0 Å². The minimum Gasteiger partial charge on any atom is -0.544 e. The molecule has 0 radical (unpaired) electrons. The lowest BCUT2D eigenvalue weighted by atomic mass is 9.85. The molecule has 4 aliphatic rings. The number of benzene rings is 4. The maximum Gasteiger partial charge on any atom is 0.169 e. The van der Waals surface area contributed by atoms with Crippen molar-refractivity contribution in [3.63, 3.8) is 0 Å². The molecule has 4 atom stereocenters. The molecule has 4 aromatic rings. The maximum atomic E-state index is 12.3. The van der Waals surface area contributed by atoms with E-state index in [0.717, 1.165) is 33.4 Å². The van der Waals surface area contributed by atoms with Gasteiger partial charge in [0.2, 0.25) is 0 Å². The standard InChI is InChI=1S/C41H43ClN2O9/c1-43(22-37(45)46)14-12-26-19-33(50-4)35-21-29(26)30(43)16-24-6-9-28(10-7-24)52-34-18-25(8-11-32(34)49-3)17-31-39-27(13-15-44(31,2)23-38(47)48)20-36(51-5)40(42)41(39)53-35/h6-11,18-21,30-31H,12-17,22-23H2,1-5H3. The molecule has 4 unspecified atom stereocenters.